The number of benzene rings is 4. The van der Waals surface area contributed by atoms with Crippen LogP contribution in [0.5, 0.6) is 0 Å². The van der Waals surface area contributed by atoms with Gasteiger partial charge in [-0.1, -0.05) is 103 Å². The molecule has 4 heteroatoms. The summed E-state index contributed by atoms with van der Waals surface area (Å²) >= 11 is 1.64. The Morgan fingerprint density at radius 3 is 2.15 bits per heavy atom. The van der Waals surface area contributed by atoms with E-state index in [0.29, 0.717) is 6.42 Å². The summed E-state index contributed by atoms with van der Waals surface area (Å²) in [4.78, 5) is 19.0. The van der Waals surface area contributed by atoms with Gasteiger partial charge in [-0.05, 0) is 34.4 Å². The van der Waals surface area contributed by atoms with Crippen molar-refractivity contribution in [1.82, 2.24) is 10.3 Å². The summed E-state index contributed by atoms with van der Waals surface area (Å²) in [6.45, 7) is 2.00. The third kappa shape index (κ3) is 4.92. The molecule has 34 heavy (non-hydrogen) atoms. The van der Waals surface area contributed by atoms with E-state index in [0.717, 1.165) is 33.1 Å². The smallest absolute Gasteiger partial charge is 0.226 e. The molecule has 4 aromatic carbocycles. The van der Waals surface area contributed by atoms with Crippen LogP contribution < -0.4 is 5.32 Å². The number of rotatable bonds is 7. The highest BCUT2D eigenvalue weighted by Gasteiger charge is 2.19. The van der Waals surface area contributed by atoms with Gasteiger partial charge in [-0.2, -0.15) is 0 Å². The number of hydrogen-bond acceptors (Lipinski definition) is 3. The second kappa shape index (κ2) is 10.0. The molecule has 0 radical (unpaired) electrons. The van der Waals surface area contributed by atoms with Crippen molar-refractivity contribution in [3.63, 3.8) is 0 Å². The lowest BCUT2D eigenvalue weighted by Gasteiger charge is -2.20. The molecule has 3 nitrogen and oxygen atoms in total. The number of nitrogens with zero attached hydrogens (tertiary/aromatic N) is 1. The van der Waals surface area contributed by atoms with Crippen molar-refractivity contribution in [2.24, 2.45) is 0 Å². The minimum absolute atomic E-state index is 0.00108. The molecule has 1 N–H and O–H groups in total. The molecule has 1 heterocycles. The van der Waals surface area contributed by atoms with E-state index in [1.807, 2.05) is 43.3 Å². The molecule has 0 aliphatic carbocycles. The van der Waals surface area contributed by atoms with Gasteiger partial charge in [-0.3, -0.25) is 4.79 Å². The summed E-state index contributed by atoms with van der Waals surface area (Å²) in [7, 11) is 0. The zero-order valence-electron chi connectivity index (χ0n) is 19.1. The molecule has 0 atom stereocenters. The van der Waals surface area contributed by atoms with Crippen molar-refractivity contribution < 1.29 is 4.79 Å². The van der Waals surface area contributed by atoms with Crippen molar-refractivity contribution in [3.8, 4) is 0 Å². The molecule has 0 unspecified atom stereocenters. The Hall–Kier alpha value is -3.76. The highest BCUT2D eigenvalue weighted by atomic mass is 32.1. The normalized spacial score (nSPS) is 11.1. The van der Waals surface area contributed by atoms with E-state index in [1.165, 1.54) is 16.3 Å². The van der Waals surface area contributed by atoms with Crippen molar-refractivity contribution in [2.45, 2.75) is 25.8 Å². The number of fused-ring (bicyclic) bond motifs is 1. The highest BCUT2D eigenvalue weighted by molar-refractivity contribution is 7.11. The molecule has 0 bridgehead atoms. The maximum absolute atomic E-state index is 13.1. The fraction of sp³-hybridized carbons (Fsp3) is 0.133. The number of amides is 1. The first-order valence-electron chi connectivity index (χ1n) is 11.5. The van der Waals surface area contributed by atoms with Crippen molar-refractivity contribution in [2.75, 3.05) is 0 Å². The SMILES string of the molecule is Cc1nc(Cc2cccc3ccccc23)sc1CC(=O)NC(c1ccccc1)c1ccccc1. The zero-order chi connectivity index (χ0) is 23.3. The predicted molar refractivity (Wildman–Crippen MR) is 140 cm³/mol. The van der Waals surface area contributed by atoms with Crippen LogP contribution in [0.15, 0.2) is 103 Å². The first-order valence-corrected chi connectivity index (χ1v) is 12.3. The summed E-state index contributed by atoms with van der Waals surface area (Å²) in [6, 6.07) is 34.9. The molecule has 0 saturated heterocycles. The van der Waals surface area contributed by atoms with Crippen LogP contribution in [0.25, 0.3) is 10.8 Å². The van der Waals surface area contributed by atoms with Gasteiger partial charge >= 0.3 is 0 Å². The number of aromatic nitrogens is 1. The number of nitrogens with one attached hydrogen (secondary N) is 1. The van der Waals surface area contributed by atoms with Gasteiger partial charge in [-0.15, -0.1) is 11.3 Å². The van der Waals surface area contributed by atoms with E-state index in [2.05, 4.69) is 72.0 Å². The van der Waals surface area contributed by atoms with Crippen LogP contribution in [0.2, 0.25) is 0 Å². The van der Waals surface area contributed by atoms with Crippen molar-refractivity contribution in [3.05, 3.63) is 135 Å². The molecule has 0 spiro atoms. The first kappa shape index (κ1) is 22.1. The lowest BCUT2D eigenvalue weighted by atomic mass is 9.98. The number of carbonyl (C=O) groups is 1. The molecule has 5 aromatic rings. The van der Waals surface area contributed by atoms with Crippen LogP contribution in [-0.4, -0.2) is 10.9 Å². The number of aryl methyl sites for hydroxylation is 1. The fourth-order valence-corrected chi connectivity index (χ4v) is 5.44. The number of carbonyl (C=O) groups excluding carboxylic acids is 1. The van der Waals surface area contributed by atoms with Crippen LogP contribution >= 0.6 is 11.3 Å². The van der Waals surface area contributed by atoms with E-state index >= 15 is 0 Å². The molecular weight excluding hydrogens is 436 g/mol. The van der Waals surface area contributed by atoms with Gasteiger partial charge in [0.15, 0.2) is 0 Å². The van der Waals surface area contributed by atoms with Gasteiger partial charge in [0.2, 0.25) is 5.91 Å². The van der Waals surface area contributed by atoms with Gasteiger partial charge in [0.1, 0.15) is 0 Å². The van der Waals surface area contributed by atoms with Crippen LogP contribution in [-0.2, 0) is 17.6 Å². The Morgan fingerprint density at radius 1 is 0.824 bits per heavy atom. The molecule has 5 rings (SSSR count). The summed E-state index contributed by atoms with van der Waals surface area (Å²) < 4.78 is 0. The summed E-state index contributed by atoms with van der Waals surface area (Å²) in [5.74, 6) is 0.00108. The number of hydrogen-bond donors (Lipinski definition) is 1. The lowest BCUT2D eigenvalue weighted by molar-refractivity contribution is -0.120. The maximum Gasteiger partial charge on any atom is 0.226 e. The first-order chi connectivity index (χ1) is 16.7. The van der Waals surface area contributed by atoms with Gasteiger partial charge in [0, 0.05) is 11.3 Å². The minimum Gasteiger partial charge on any atom is -0.345 e. The third-order valence-electron chi connectivity index (χ3n) is 6.05. The molecule has 1 aromatic heterocycles. The Bertz CT molecular complexity index is 1370. The molecule has 168 valence electrons. The molecular formula is C30H26N2OS. The van der Waals surface area contributed by atoms with Crippen LogP contribution in [0.3, 0.4) is 0 Å². The number of thiazole rings is 1. The maximum atomic E-state index is 13.1. The average Bonchev–Trinajstić information content (AvgIpc) is 3.22. The summed E-state index contributed by atoms with van der Waals surface area (Å²) in [5.41, 5.74) is 4.34. The monoisotopic (exact) mass is 462 g/mol. The van der Waals surface area contributed by atoms with Crippen molar-refractivity contribution >= 4 is 28.0 Å². The molecule has 0 fully saturated rings. The van der Waals surface area contributed by atoms with Gasteiger partial charge in [0.05, 0.1) is 23.2 Å². The molecule has 0 aliphatic heterocycles. The molecule has 0 saturated carbocycles. The Morgan fingerprint density at radius 2 is 1.44 bits per heavy atom. The third-order valence-corrected chi connectivity index (χ3v) is 7.21. The van der Waals surface area contributed by atoms with E-state index in [1.54, 1.807) is 11.3 Å². The summed E-state index contributed by atoms with van der Waals surface area (Å²) in [6.07, 6.45) is 1.10. The Labute approximate surface area is 204 Å². The average molecular weight is 463 g/mol. The van der Waals surface area contributed by atoms with E-state index in [4.69, 9.17) is 4.98 Å². The van der Waals surface area contributed by atoms with E-state index < -0.39 is 0 Å². The van der Waals surface area contributed by atoms with Crippen LogP contribution in [0.1, 0.15) is 38.3 Å². The predicted octanol–water partition coefficient (Wildman–Crippen LogP) is 6.64. The Kier molecular flexibility index (Phi) is 6.50. The fourth-order valence-electron chi connectivity index (χ4n) is 4.35. The second-order valence-electron chi connectivity index (χ2n) is 8.43. The molecule has 0 aliphatic rings. The van der Waals surface area contributed by atoms with E-state index in [-0.39, 0.29) is 11.9 Å². The topological polar surface area (TPSA) is 42.0 Å². The van der Waals surface area contributed by atoms with E-state index in [9.17, 15) is 4.79 Å². The lowest BCUT2D eigenvalue weighted by Crippen LogP contribution is -2.30. The van der Waals surface area contributed by atoms with Crippen LogP contribution in [0, 0.1) is 6.92 Å². The van der Waals surface area contributed by atoms with Gasteiger partial charge < -0.3 is 5.32 Å². The van der Waals surface area contributed by atoms with Gasteiger partial charge in [0.25, 0.3) is 0 Å². The highest BCUT2D eigenvalue weighted by Crippen LogP contribution is 2.26. The standard InChI is InChI=1S/C30H26N2OS/c1-21-27(34-29(31-21)19-25-17-10-16-22-11-8-9-18-26(22)25)20-28(33)32-30(23-12-4-2-5-13-23)24-14-6-3-7-15-24/h2-18,30H,19-20H2,1H3,(H,32,33). The van der Waals surface area contributed by atoms with Gasteiger partial charge in [-0.25, -0.2) is 4.98 Å². The quantitative estimate of drug-likeness (QED) is 0.294. The minimum atomic E-state index is -0.182. The molecule has 1 amide bonds. The Balaban J connectivity index is 1.34. The summed E-state index contributed by atoms with van der Waals surface area (Å²) in [5, 5.41) is 6.78. The van der Waals surface area contributed by atoms with Crippen molar-refractivity contribution in [1.29, 1.82) is 0 Å². The largest absolute Gasteiger partial charge is 0.345 e. The van der Waals surface area contributed by atoms with Crippen LogP contribution in [0.4, 0.5) is 0 Å². The zero-order valence-corrected chi connectivity index (χ0v) is 19.9. The second-order valence-corrected chi connectivity index (χ2v) is 9.60.